The molecule has 0 radical (unpaired) electrons. The predicted octanol–water partition coefficient (Wildman–Crippen LogP) is 11.6. The van der Waals surface area contributed by atoms with Crippen molar-refractivity contribution in [2.75, 3.05) is 24.8 Å². The van der Waals surface area contributed by atoms with Gasteiger partial charge in [0.1, 0.15) is 27.8 Å². The molecule has 412 valence electrons. The highest BCUT2D eigenvalue weighted by molar-refractivity contribution is 7.86. The van der Waals surface area contributed by atoms with E-state index in [0.717, 1.165) is 42.5 Å². The Morgan fingerprint density at radius 3 is 1.68 bits per heavy atom. The molecule has 0 amide bonds. The fourth-order valence-corrected chi connectivity index (χ4v) is 10.9. The average Bonchev–Trinajstić information content (AvgIpc) is 3.43. The zero-order valence-electron chi connectivity index (χ0n) is 40.7. The highest BCUT2D eigenvalue weighted by Gasteiger charge is 2.24. The van der Waals surface area contributed by atoms with E-state index in [1.54, 1.807) is 30.3 Å². The second-order valence-corrected chi connectivity index (χ2v) is 24.5. The Hall–Kier alpha value is -8.43. The first-order chi connectivity index (χ1) is 37.6. The maximum absolute atomic E-state index is 12.8. The first-order valence-corrected chi connectivity index (χ1v) is 30.2. The number of aromatic hydroxyl groups is 1. The van der Waals surface area contributed by atoms with Crippen molar-refractivity contribution in [3.8, 4) is 17.2 Å². The zero-order chi connectivity index (χ0) is 57.5. The number of hydrogen-bond acceptors (Lipinski definition) is 20. The summed E-state index contributed by atoms with van der Waals surface area (Å²) in [5, 5.41) is 41.2. The fourth-order valence-electron chi connectivity index (χ4n) is 8.25. The van der Waals surface area contributed by atoms with Crippen LogP contribution in [0.15, 0.2) is 190 Å². The Labute approximate surface area is 454 Å². The molecule has 0 bridgehead atoms. The van der Waals surface area contributed by atoms with Crippen LogP contribution in [0.3, 0.4) is 0 Å². The number of methoxy groups -OCH3 is 1. The van der Waals surface area contributed by atoms with Crippen LogP contribution >= 0.6 is 0 Å². The van der Waals surface area contributed by atoms with E-state index in [2.05, 4.69) is 36.0 Å². The molecule has 0 aliphatic heterocycles. The summed E-state index contributed by atoms with van der Waals surface area (Å²) in [6.45, 7) is -0.304. The number of anilines is 2. The number of benzene rings is 9. The number of para-hydroxylation sites is 1. The monoisotopic (exact) mass is 1190 g/mol. The lowest BCUT2D eigenvalue weighted by molar-refractivity contribution is 0.319. The first-order valence-electron chi connectivity index (χ1n) is 22.8. The van der Waals surface area contributed by atoms with Gasteiger partial charge in [-0.15, -0.1) is 25.6 Å². The molecule has 0 aromatic heterocycles. The number of nitrogens with one attached hydrogen (secondary N) is 1. The molecule has 0 spiro atoms. The normalized spacial score (nSPS) is 12.9. The molecule has 80 heavy (non-hydrogen) atoms. The lowest BCUT2D eigenvalue weighted by Gasteiger charge is -2.12. The molecule has 0 heterocycles. The van der Waals surface area contributed by atoms with Gasteiger partial charge in [0.15, 0.2) is 5.75 Å². The van der Waals surface area contributed by atoms with E-state index in [9.17, 15) is 65.4 Å². The molecule has 0 saturated carbocycles. The van der Waals surface area contributed by atoms with Crippen LogP contribution in [0.4, 0.5) is 45.5 Å². The number of nitrogens with zero attached hydrogens (tertiary/aromatic N) is 6. The molecule has 9 aromatic carbocycles. The Balaban J connectivity index is 1.11. The summed E-state index contributed by atoms with van der Waals surface area (Å²) in [6.07, 6.45) is -0.194. The zero-order valence-corrected chi connectivity index (χ0v) is 44.8. The van der Waals surface area contributed by atoms with Crippen molar-refractivity contribution >= 4 is 139 Å². The molecule has 30 heteroatoms. The number of azo groups is 3. The minimum atomic E-state index is -5.09. The molecule has 0 unspecified atom stereocenters. The van der Waals surface area contributed by atoms with Gasteiger partial charge < -0.3 is 19.9 Å². The Morgan fingerprint density at radius 2 is 1.05 bits per heavy atom. The number of phenols is 1. The molecule has 9 rings (SSSR count). The van der Waals surface area contributed by atoms with Gasteiger partial charge in [0.05, 0.1) is 56.9 Å². The number of fused-ring (bicyclic) bond motifs is 4. The molecule has 0 aliphatic rings. The minimum Gasteiger partial charge on any atom is -0.505 e. The number of rotatable bonds is 18. The van der Waals surface area contributed by atoms with E-state index in [4.69, 9.17) is 14.0 Å². The molecule has 25 nitrogen and oxygen atoms in total. The van der Waals surface area contributed by atoms with Crippen LogP contribution in [-0.4, -0.2) is 89.4 Å². The van der Waals surface area contributed by atoms with Crippen molar-refractivity contribution in [2.24, 2.45) is 30.7 Å². The molecule has 0 saturated heterocycles. The van der Waals surface area contributed by atoms with Crippen molar-refractivity contribution in [1.82, 2.24) is 0 Å². The highest BCUT2D eigenvalue weighted by atomic mass is 32.2. The molecular weight excluding hydrogens is 1150 g/mol. The largest absolute Gasteiger partial charge is 0.505 e. The number of ether oxygens (including phenoxy) is 2. The maximum Gasteiger partial charge on any atom is 0.296 e. The fraction of sp³-hybridized carbons (Fsp3) is 0.0800. The summed E-state index contributed by atoms with van der Waals surface area (Å²) >= 11 is 0. The van der Waals surface area contributed by atoms with Crippen molar-refractivity contribution in [1.29, 1.82) is 0 Å². The van der Waals surface area contributed by atoms with E-state index < -0.39 is 87.4 Å². The van der Waals surface area contributed by atoms with Crippen molar-refractivity contribution in [2.45, 2.75) is 26.0 Å². The van der Waals surface area contributed by atoms with Crippen LogP contribution < -0.4 is 14.8 Å². The third-order valence-corrected chi connectivity index (χ3v) is 16.1. The summed E-state index contributed by atoms with van der Waals surface area (Å²) in [7, 11) is -22.6. The lowest BCUT2D eigenvalue weighted by atomic mass is 10.1. The average molecular weight is 1190 g/mol. The summed E-state index contributed by atoms with van der Waals surface area (Å²) in [6, 6.07) is 31.8. The van der Waals surface area contributed by atoms with Gasteiger partial charge in [0, 0.05) is 55.8 Å². The van der Waals surface area contributed by atoms with E-state index in [0.29, 0.717) is 11.4 Å². The van der Waals surface area contributed by atoms with Gasteiger partial charge in [0.2, 0.25) is 0 Å². The quantitative estimate of drug-likeness (QED) is 0.0238. The topological polar surface area (TPSA) is 397 Å². The minimum absolute atomic E-state index is 0.0169. The number of hydrogen-bond donors (Lipinski definition) is 7. The molecule has 0 atom stereocenters. The van der Waals surface area contributed by atoms with Gasteiger partial charge in [-0.1, -0.05) is 36.4 Å². The standard InChI is InChI=1S/C50H39N7O18S5/c1-74-46-27-44(55-52-32-9-8-28-21-35(79(68,69)70)26-45(39(28)23-32)75-18-5-19-76(59,60)61)41-25-34(78(65,66)67)12-15-38(41)48(46)56-53-42-16-17-43(40-24-33(77(62,63)64)11-14-37(40)42)54-57-49-47(80(71,72)73)22-29-20-31(10-13-36(29)50(49)58)51-30-6-3-2-4-7-30/h2-4,6-17,20-27,51,58H,5,18-19H2,1H3,(H,59,60,61)(H,62,63,64)(H,65,66,67)(H,68,69,70)(H,71,72,73). The van der Waals surface area contributed by atoms with Crippen LogP contribution in [0.5, 0.6) is 17.2 Å². The molecule has 0 aliphatic carbocycles. The smallest absolute Gasteiger partial charge is 0.296 e. The van der Waals surface area contributed by atoms with Gasteiger partial charge in [-0.2, -0.15) is 47.2 Å². The SMILES string of the molecule is COc1cc(N=Nc2ccc3cc(S(=O)(=O)O)cc(OCCCS(=O)(=O)O)c3c2)c2cc(S(=O)(=O)O)ccc2c1N=Nc1ccc(N=Nc2c(S(=O)(=O)O)cc3cc(Nc4ccccc4)ccc3c2O)c2cc(S(=O)(=O)O)ccc12. The van der Waals surface area contributed by atoms with Crippen LogP contribution in [0, 0.1) is 0 Å². The van der Waals surface area contributed by atoms with E-state index in [1.807, 2.05) is 6.07 Å². The van der Waals surface area contributed by atoms with Gasteiger partial charge in [-0.05, 0) is 108 Å². The summed E-state index contributed by atoms with van der Waals surface area (Å²) < 4.78 is 183. The third kappa shape index (κ3) is 12.5. The molecule has 0 fully saturated rings. The van der Waals surface area contributed by atoms with Gasteiger partial charge >= 0.3 is 0 Å². The van der Waals surface area contributed by atoms with Crippen molar-refractivity contribution < 1.29 is 79.4 Å². The van der Waals surface area contributed by atoms with Crippen LogP contribution in [0.1, 0.15) is 6.42 Å². The van der Waals surface area contributed by atoms with Gasteiger partial charge in [-0.3, -0.25) is 22.8 Å². The van der Waals surface area contributed by atoms with Crippen molar-refractivity contribution in [3.05, 3.63) is 140 Å². The molecule has 7 N–H and O–H groups in total. The maximum atomic E-state index is 12.8. The second kappa shape index (κ2) is 21.7. The van der Waals surface area contributed by atoms with E-state index in [1.165, 1.54) is 67.8 Å². The van der Waals surface area contributed by atoms with E-state index in [-0.39, 0.29) is 96.1 Å². The number of phenolic OH excluding ortho intramolecular Hbond substituents is 1. The first kappa shape index (κ1) is 56.3. The van der Waals surface area contributed by atoms with Gasteiger partial charge in [0.25, 0.3) is 50.6 Å². The Bertz CT molecular complexity index is 4720. The summed E-state index contributed by atoms with van der Waals surface area (Å²) in [4.78, 5) is -2.54. The lowest BCUT2D eigenvalue weighted by Crippen LogP contribution is -2.09. The Kier molecular flexibility index (Phi) is 15.2. The van der Waals surface area contributed by atoms with E-state index >= 15 is 0 Å². The molecular formula is C50H39N7O18S5. The Morgan fingerprint density at radius 1 is 0.450 bits per heavy atom. The predicted molar refractivity (Wildman–Crippen MR) is 292 cm³/mol. The van der Waals surface area contributed by atoms with Crippen LogP contribution in [0.2, 0.25) is 0 Å². The van der Waals surface area contributed by atoms with Gasteiger partial charge in [-0.25, -0.2) is 0 Å². The molecule has 9 aromatic rings. The summed E-state index contributed by atoms with van der Waals surface area (Å²) in [5.41, 5.74) is 0.417. The second-order valence-electron chi connectivity index (χ2n) is 17.3. The third-order valence-electron chi connectivity index (χ3n) is 11.9. The summed E-state index contributed by atoms with van der Waals surface area (Å²) in [5.74, 6) is -1.49. The van der Waals surface area contributed by atoms with Crippen LogP contribution in [0.25, 0.3) is 43.1 Å². The van der Waals surface area contributed by atoms with Crippen molar-refractivity contribution in [3.63, 3.8) is 0 Å². The van der Waals surface area contributed by atoms with Crippen LogP contribution in [-0.2, 0) is 50.6 Å². The highest BCUT2D eigenvalue weighted by Crippen LogP contribution is 2.47.